The summed E-state index contributed by atoms with van der Waals surface area (Å²) in [7, 11) is 1.60. The number of ether oxygens (including phenoxy) is 1. The zero-order valence-corrected chi connectivity index (χ0v) is 12.9. The number of amides is 1. The Bertz CT molecular complexity index is 498. The van der Waals surface area contributed by atoms with Gasteiger partial charge in [0.25, 0.3) is 0 Å². The SMILES string of the molecule is COCCn1cc(NC(=O)CC(C)(C(=O)O)C(C)C)cn1. The Kier molecular flexibility index (Phi) is 5.90. The smallest absolute Gasteiger partial charge is 0.310 e. The van der Waals surface area contributed by atoms with Crippen LogP contribution in [0.15, 0.2) is 12.4 Å². The lowest BCUT2D eigenvalue weighted by molar-refractivity contribution is -0.153. The number of rotatable bonds is 8. The zero-order chi connectivity index (χ0) is 16.0. The number of aliphatic carboxylic acids is 1. The number of hydrogen-bond acceptors (Lipinski definition) is 4. The van der Waals surface area contributed by atoms with Crippen LogP contribution in [0.3, 0.4) is 0 Å². The first kappa shape index (κ1) is 17.2. The minimum absolute atomic E-state index is 0.0801. The summed E-state index contributed by atoms with van der Waals surface area (Å²) in [5.74, 6) is -1.45. The minimum atomic E-state index is -1.09. The van der Waals surface area contributed by atoms with Crippen molar-refractivity contribution in [2.45, 2.75) is 33.7 Å². The van der Waals surface area contributed by atoms with Crippen LogP contribution >= 0.6 is 0 Å². The van der Waals surface area contributed by atoms with Crippen LogP contribution in [-0.2, 0) is 20.9 Å². The molecule has 0 radical (unpaired) electrons. The van der Waals surface area contributed by atoms with Gasteiger partial charge in [0.15, 0.2) is 0 Å². The molecule has 0 aromatic carbocycles. The number of carboxylic acids is 1. The molecular weight excluding hydrogens is 274 g/mol. The minimum Gasteiger partial charge on any atom is -0.481 e. The van der Waals surface area contributed by atoms with Gasteiger partial charge in [-0.05, 0) is 12.8 Å². The highest BCUT2D eigenvalue weighted by Gasteiger charge is 2.38. The van der Waals surface area contributed by atoms with E-state index in [2.05, 4.69) is 10.4 Å². The fourth-order valence-corrected chi connectivity index (χ4v) is 1.80. The van der Waals surface area contributed by atoms with E-state index in [-0.39, 0.29) is 18.2 Å². The predicted molar refractivity (Wildman–Crippen MR) is 77.9 cm³/mol. The molecular formula is C14H23N3O4. The van der Waals surface area contributed by atoms with Gasteiger partial charge in [-0.1, -0.05) is 13.8 Å². The van der Waals surface area contributed by atoms with Gasteiger partial charge in [0.2, 0.25) is 5.91 Å². The summed E-state index contributed by atoms with van der Waals surface area (Å²) in [6.07, 6.45) is 3.13. The first-order valence-corrected chi connectivity index (χ1v) is 6.84. The lowest BCUT2D eigenvalue weighted by Crippen LogP contribution is -2.37. The zero-order valence-electron chi connectivity index (χ0n) is 12.9. The molecule has 7 nitrogen and oxygen atoms in total. The topological polar surface area (TPSA) is 93.5 Å². The van der Waals surface area contributed by atoms with Gasteiger partial charge in [-0.15, -0.1) is 0 Å². The molecule has 7 heteroatoms. The van der Waals surface area contributed by atoms with Crippen molar-refractivity contribution in [3.63, 3.8) is 0 Å². The molecule has 1 heterocycles. The predicted octanol–water partition coefficient (Wildman–Crippen LogP) is 1.60. The van der Waals surface area contributed by atoms with Crippen molar-refractivity contribution >= 4 is 17.6 Å². The van der Waals surface area contributed by atoms with Gasteiger partial charge in [-0.2, -0.15) is 5.10 Å². The van der Waals surface area contributed by atoms with Crippen molar-refractivity contribution in [1.29, 1.82) is 0 Å². The Morgan fingerprint density at radius 1 is 1.52 bits per heavy atom. The van der Waals surface area contributed by atoms with E-state index >= 15 is 0 Å². The number of aromatic nitrogens is 2. The molecule has 0 saturated heterocycles. The summed E-state index contributed by atoms with van der Waals surface area (Å²) in [6, 6.07) is 0. The van der Waals surface area contributed by atoms with Crippen molar-refractivity contribution in [2.24, 2.45) is 11.3 Å². The van der Waals surface area contributed by atoms with Crippen molar-refractivity contribution in [1.82, 2.24) is 9.78 Å². The van der Waals surface area contributed by atoms with E-state index in [1.165, 1.54) is 6.20 Å². The average molecular weight is 297 g/mol. The molecule has 2 N–H and O–H groups in total. The highest BCUT2D eigenvalue weighted by atomic mass is 16.5. The van der Waals surface area contributed by atoms with Gasteiger partial charge in [0, 0.05) is 19.7 Å². The number of anilines is 1. The van der Waals surface area contributed by atoms with E-state index in [1.54, 1.807) is 38.8 Å². The van der Waals surface area contributed by atoms with E-state index in [0.29, 0.717) is 18.8 Å². The Morgan fingerprint density at radius 3 is 2.71 bits per heavy atom. The summed E-state index contributed by atoms with van der Waals surface area (Å²) in [5.41, 5.74) is -0.538. The van der Waals surface area contributed by atoms with E-state index in [9.17, 15) is 14.7 Å². The van der Waals surface area contributed by atoms with E-state index in [4.69, 9.17) is 4.74 Å². The van der Waals surface area contributed by atoms with Crippen LogP contribution in [0.2, 0.25) is 0 Å². The lowest BCUT2D eigenvalue weighted by Gasteiger charge is -2.28. The molecule has 1 aromatic rings. The number of carboxylic acid groups (broad SMARTS) is 1. The van der Waals surface area contributed by atoms with Crippen LogP contribution in [0.5, 0.6) is 0 Å². The second kappa shape index (κ2) is 7.21. The molecule has 0 bridgehead atoms. The highest BCUT2D eigenvalue weighted by molar-refractivity contribution is 5.94. The fourth-order valence-electron chi connectivity index (χ4n) is 1.80. The maximum absolute atomic E-state index is 12.0. The molecule has 1 aromatic heterocycles. The number of carbonyl (C=O) groups is 2. The molecule has 1 amide bonds. The third-order valence-electron chi connectivity index (χ3n) is 3.73. The van der Waals surface area contributed by atoms with Crippen LogP contribution in [0, 0.1) is 11.3 Å². The van der Waals surface area contributed by atoms with Crippen LogP contribution in [-0.4, -0.2) is 40.5 Å². The van der Waals surface area contributed by atoms with Crippen LogP contribution in [0.1, 0.15) is 27.2 Å². The molecule has 0 spiro atoms. The molecule has 21 heavy (non-hydrogen) atoms. The van der Waals surface area contributed by atoms with Crippen LogP contribution in [0.4, 0.5) is 5.69 Å². The molecule has 1 unspecified atom stereocenters. The first-order valence-electron chi connectivity index (χ1n) is 6.84. The molecule has 0 aliphatic carbocycles. The monoisotopic (exact) mass is 297 g/mol. The van der Waals surface area contributed by atoms with E-state index in [1.807, 2.05) is 0 Å². The van der Waals surface area contributed by atoms with Gasteiger partial charge in [-0.3, -0.25) is 14.3 Å². The third kappa shape index (κ3) is 4.56. The summed E-state index contributed by atoms with van der Waals surface area (Å²) in [6.45, 7) is 6.29. The summed E-state index contributed by atoms with van der Waals surface area (Å²) >= 11 is 0. The standard InChI is InChI=1S/C14H23N3O4/c1-10(2)14(3,13(19)20)7-12(18)16-11-8-15-17(9-11)5-6-21-4/h8-10H,5-7H2,1-4H3,(H,16,18)(H,19,20). The molecule has 0 fully saturated rings. The van der Waals surface area contributed by atoms with Crippen LogP contribution < -0.4 is 5.32 Å². The molecule has 0 aliphatic heterocycles. The molecule has 1 atom stereocenters. The maximum Gasteiger partial charge on any atom is 0.310 e. The number of nitrogens with zero attached hydrogens (tertiary/aromatic N) is 2. The molecule has 1 rings (SSSR count). The second-order valence-corrected chi connectivity index (χ2v) is 5.59. The van der Waals surface area contributed by atoms with Crippen molar-refractivity contribution in [3.05, 3.63) is 12.4 Å². The van der Waals surface area contributed by atoms with Crippen molar-refractivity contribution < 1.29 is 19.4 Å². The first-order chi connectivity index (χ1) is 9.79. The number of carbonyl (C=O) groups excluding carboxylic acids is 1. The second-order valence-electron chi connectivity index (χ2n) is 5.59. The van der Waals surface area contributed by atoms with Crippen molar-refractivity contribution in [2.75, 3.05) is 19.0 Å². The van der Waals surface area contributed by atoms with Gasteiger partial charge in [0.05, 0.1) is 30.5 Å². The van der Waals surface area contributed by atoms with E-state index in [0.717, 1.165) is 0 Å². The van der Waals surface area contributed by atoms with Crippen molar-refractivity contribution in [3.8, 4) is 0 Å². The largest absolute Gasteiger partial charge is 0.481 e. The Balaban J connectivity index is 2.64. The normalized spacial score (nSPS) is 14.0. The maximum atomic E-state index is 12.0. The van der Waals surface area contributed by atoms with Gasteiger partial charge < -0.3 is 15.2 Å². The Hall–Kier alpha value is -1.89. The highest BCUT2D eigenvalue weighted by Crippen LogP contribution is 2.31. The third-order valence-corrected chi connectivity index (χ3v) is 3.73. The molecule has 0 aliphatic rings. The quantitative estimate of drug-likeness (QED) is 0.760. The number of methoxy groups -OCH3 is 1. The summed E-state index contributed by atoms with van der Waals surface area (Å²) in [4.78, 5) is 23.4. The van der Waals surface area contributed by atoms with Gasteiger partial charge in [-0.25, -0.2) is 0 Å². The summed E-state index contributed by atoms with van der Waals surface area (Å²) in [5, 5.41) is 16.1. The average Bonchev–Trinajstić information content (AvgIpc) is 2.83. The molecule has 118 valence electrons. The number of nitrogens with one attached hydrogen (secondary N) is 1. The Labute approximate surface area is 124 Å². The Morgan fingerprint density at radius 2 is 2.19 bits per heavy atom. The molecule has 0 saturated carbocycles. The van der Waals surface area contributed by atoms with E-state index < -0.39 is 11.4 Å². The van der Waals surface area contributed by atoms with Gasteiger partial charge >= 0.3 is 5.97 Å². The fraction of sp³-hybridized carbons (Fsp3) is 0.643. The van der Waals surface area contributed by atoms with Crippen LogP contribution in [0.25, 0.3) is 0 Å². The number of hydrogen-bond donors (Lipinski definition) is 2. The van der Waals surface area contributed by atoms with Gasteiger partial charge in [0.1, 0.15) is 0 Å². The lowest BCUT2D eigenvalue weighted by atomic mass is 9.76. The summed E-state index contributed by atoms with van der Waals surface area (Å²) < 4.78 is 6.59.